The van der Waals surface area contributed by atoms with E-state index in [9.17, 15) is 9.59 Å². The number of ether oxygens (including phenoxy) is 2. The lowest BCUT2D eigenvalue weighted by atomic mass is 10.4. The van der Waals surface area contributed by atoms with Crippen molar-refractivity contribution in [3.63, 3.8) is 0 Å². The fraction of sp³-hybridized carbons (Fsp3) is 0.333. The summed E-state index contributed by atoms with van der Waals surface area (Å²) in [5.41, 5.74) is 2.46. The molecule has 0 aromatic carbocycles. The Hall–Kier alpha value is -2.06. The lowest BCUT2D eigenvalue weighted by Crippen LogP contribution is -2.37. The Bertz CT molecular complexity index is 475. The molecule has 0 bridgehead atoms. The predicted octanol–water partition coefficient (Wildman–Crippen LogP) is 1.02. The highest BCUT2D eigenvalue weighted by molar-refractivity contribution is 6.14. The van der Waals surface area contributed by atoms with Crippen LogP contribution >= 0.6 is 0 Å². The molecule has 2 N–H and O–H groups in total. The number of nitrogens with zero attached hydrogens (tertiary/aromatic N) is 1. The summed E-state index contributed by atoms with van der Waals surface area (Å²) in [5, 5.41) is 14.2. The molecule has 0 fully saturated rings. The van der Waals surface area contributed by atoms with Crippen molar-refractivity contribution in [1.82, 2.24) is 0 Å². The van der Waals surface area contributed by atoms with E-state index in [1.807, 2.05) is 12.1 Å². The van der Waals surface area contributed by atoms with E-state index in [-0.39, 0.29) is 13.2 Å². The van der Waals surface area contributed by atoms with Gasteiger partial charge in [-0.15, -0.1) is 0 Å². The molecule has 2 amide bonds. The maximum Gasteiger partial charge on any atom is 0.432 e. The van der Waals surface area contributed by atoms with Gasteiger partial charge in [-0.05, 0) is 31.5 Å². The monoisotopic (exact) mass is 281 g/mol. The molecule has 2 rings (SSSR count). The first-order valence-corrected chi connectivity index (χ1v) is 6.10. The smallest absolute Gasteiger partial charge is 0.432 e. The number of imide groups is 1. The summed E-state index contributed by atoms with van der Waals surface area (Å²) < 4.78 is 9.69. The Morgan fingerprint density at radius 2 is 1.65 bits per heavy atom. The van der Waals surface area contributed by atoms with Crippen LogP contribution in [-0.4, -0.2) is 43.1 Å². The maximum atomic E-state index is 11.7. The van der Waals surface area contributed by atoms with Gasteiger partial charge < -0.3 is 19.5 Å². The zero-order valence-corrected chi connectivity index (χ0v) is 11.3. The number of hydrogen-bond acceptors (Lipinski definition) is 6. The number of fused-ring (bicyclic) bond motifs is 1. The number of rotatable bonds is 3. The number of amides is 2. The minimum absolute atomic E-state index is 0.210. The molecule has 7 nitrogen and oxygen atoms in total. The topological polar surface area (TPSA) is 96.3 Å². The molecule has 0 spiro atoms. The summed E-state index contributed by atoms with van der Waals surface area (Å²) in [7, 11) is -0.750. The molecular weight excluding hydrogens is 265 g/mol. The number of benzene rings is 1. The second kappa shape index (κ2) is 7.51. The number of hydrogen-bond donors (Lipinski definition) is 2. The molecule has 0 aliphatic heterocycles. The van der Waals surface area contributed by atoms with Crippen LogP contribution in [0.15, 0.2) is 18.2 Å². The van der Waals surface area contributed by atoms with Gasteiger partial charge in [-0.1, -0.05) is 6.07 Å². The minimum atomic E-state index is -0.750. The summed E-state index contributed by atoms with van der Waals surface area (Å²) in [6.45, 7) is 3.79. The molecular formula is C12H16BNO6. The molecule has 2 aliphatic carbocycles. The lowest BCUT2D eigenvalue weighted by molar-refractivity contribution is 0.140. The zero-order chi connectivity index (χ0) is 15.1. The molecule has 0 saturated carbocycles. The zero-order valence-electron chi connectivity index (χ0n) is 11.3. The Labute approximate surface area is 117 Å². The van der Waals surface area contributed by atoms with E-state index in [0.29, 0.717) is 5.69 Å². The van der Waals surface area contributed by atoms with Crippen LogP contribution in [0.25, 0.3) is 11.1 Å². The van der Waals surface area contributed by atoms with Crippen molar-refractivity contribution in [3.05, 3.63) is 18.2 Å². The van der Waals surface area contributed by atoms with Gasteiger partial charge in [-0.25, -0.2) is 9.59 Å². The van der Waals surface area contributed by atoms with Gasteiger partial charge in [0.25, 0.3) is 0 Å². The summed E-state index contributed by atoms with van der Waals surface area (Å²) in [4.78, 5) is 24.4. The normalized spacial score (nSPS) is 9.80. The van der Waals surface area contributed by atoms with Crippen LogP contribution in [0.2, 0.25) is 0 Å². The summed E-state index contributed by atoms with van der Waals surface area (Å²) in [5.74, 6) is 0. The second-order valence-corrected chi connectivity index (χ2v) is 3.61. The van der Waals surface area contributed by atoms with Crippen molar-refractivity contribution in [2.45, 2.75) is 13.8 Å². The van der Waals surface area contributed by atoms with Gasteiger partial charge in [-0.2, -0.15) is 4.90 Å². The Kier molecular flexibility index (Phi) is 6.01. The fourth-order valence-electron chi connectivity index (χ4n) is 1.58. The Morgan fingerprint density at radius 3 is 1.95 bits per heavy atom. The minimum Gasteiger partial charge on any atom is -0.449 e. The van der Waals surface area contributed by atoms with Crippen LogP contribution in [0.4, 0.5) is 15.3 Å². The van der Waals surface area contributed by atoms with Crippen molar-refractivity contribution >= 4 is 25.6 Å². The van der Waals surface area contributed by atoms with Crippen molar-refractivity contribution in [2.75, 3.05) is 18.1 Å². The van der Waals surface area contributed by atoms with E-state index < -0.39 is 19.9 Å². The van der Waals surface area contributed by atoms with Gasteiger partial charge in [0, 0.05) is 5.56 Å². The fourth-order valence-corrected chi connectivity index (χ4v) is 1.58. The first-order valence-electron chi connectivity index (χ1n) is 6.10. The van der Waals surface area contributed by atoms with Gasteiger partial charge in [-0.3, -0.25) is 0 Å². The van der Waals surface area contributed by atoms with Crippen LogP contribution < -0.4 is 4.90 Å². The SMILES string of the molecule is CCOC(=O)N(C(=O)OCC)c1ccc2cc1-2.OBO. The second-order valence-electron chi connectivity index (χ2n) is 3.61. The highest BCUT2D eigenvalue weighted by atomic mass is 16.6. The summed E-state index contributed by atoms with van der Waals surface area (Å²) in [6.07, 6.45) is -1.42. The lowest BCUT2D eigenvalue weighted by Gasteiger charge is -2.18. The van der Waals surface area contributed by atoms with Gasteiger partial charge in [0.05, 0.1) is 18.9 Å². The quantitative estimate of drug-likeness (QED) is 0.815. The van der Waals surface area contributed by atoms with Crippen molar-refractivity contribution in [1.29, 1.82) is 0 Å². The van der Waals surface area contributed by atoms with E-state index in [1.54, 1.807) is 19.9 Å². The third-order valence-corrected chi connectivity index (χ3v) is 2.37. The van der Waals surface area contributed by atoms with Gasteiger partial charge in [0.1, 0.15) is 0 Å². The Balaban J connectivity index is 0.000000612. The van der Waals surface area contributed by atoms with Crippen LogP contribution in [0.1, 0.15) is 13.8 Å². The van der Waals surface area contributed by atoms with E-state index >= 15 is 0 Å². The number of carbonyl (C=O) groups is 2. The molecule has 0 unspecified atom stereocenters. The molecule has 0 aromatic heterocycles. The molecule has 0 atom stereocenters. The first kappa shape index (κ1) is 16.0. The molecule has 8 heteroatoms. The first-order chi connectivity index (χ1) is 9.60. The summed E-state index contributed by atoms with van der Waals surface area (Å²) in [6, 6.07) is 5.44. The molecule has 0 radical (unpaired) electrons. The standard InChI is InChI=1S/C12H13NO4.BH3O2/c1-3-16-11(14)13(12(15)17-4-2)10-6-5-8-7-9(8)10;2-1-3/h5-7H,3-4H2,1-2H3;1-3H. The number of anilines is 1. The van der Waals surface area contributed by atoms with Crippen LogP contribution in [-0.2, 0) is 9.47 Å². The molecule has 0 heterocycles. The third-order valence-electron chi connectivity index (χ3n) is 2.37. The van der Waals surface area contributed by atoms with Gasteiger partial charge in [0.2, 0.25) is 0 Å². The highest BCUT2D eigenvalue weighted by Crippen LogP contribution is 2.44. The molecule has 0 aromatic rings. The third kappa shape index (κ3) is 3.72. The highest BCUT2D eigenvalue weighted by Gasteiger charge is 2.32. The van der Waals surface area contributed by atoms with Gasteiger partial charge >= 0.3 is 19.9 Å². The largest absolute Gasteiger partial charge is 0.449 e. The average Bonchev–Trinajstić information content (AvgIpc) is 3.06. The van der Waals surface area contributed by atoms with Crippen molar-refractivity contribution < 1.29 is 29.1 Å². The maximum absolute atomic E-state index is 11.7. The summed E-state index contributed by atoms with van der Waals surface area (Å²) >= 11 is 0. The molecule has 108 valence electrons. The molecule has 20 heavy (non-hydrogen) atoms. The average molecular weight is 281 g/mol. The van der Waals surface area contributed by atoms with E-state index in [0.717, 1.165) is 16.0 Å². The van der Waals surface area contributed by atoms with E-state index in [2.05, 4.69) is 0 Å². The van der Waals surface area contributed by atoms with Crippen LogP contribution in [0, 0.1) is 0 Å². The van der Waals surface area contributed by atoms with Gasteiger partial charge in [0.15, 0.2) is 0 Å². The molecule has 2 aliphatic rings. The van der Waals surface area contributed by atoms with E-state index in [4.69, 9.17) is 19.5 Å². The molecule has 0 saturated heterocycles. The van der Waals surface area contributed by atoms with E-state index in [1.165, 1.54) is 0 Å². The van der Waals surface area contributed by atoms with Crippen LogP contribution in [0.3, 0.4) is 0 Å². The van der Waals surface area contributed by atoms with Crippen molar-refractivity contribution in [2.24, 2.45) is 0 Å². The predicted molar refractivity (Wildman–Crippen MR) is 73.5 cm³/mol. The number of carbonyl (C=O) groups excluding carboxylic acids is 2. The van der Waals surface area contributed by atoms with Crippen molar-refractivity contribution in [3.8, 4) is 11.1 Å². The Morgan fingerprint density at radius 1 is 1.15 bits per heavy atom. The van der Waals surface area contributed by atoms with Crippen LogP contribution in [0.5, 0.6) is 0 Å².